The van der Waals surface area contributed by atoms with Crippen LogP contribution in [0.4, 0.5) is 5.69 Å². The summed E-state index contributed by atoms with van der Waals surface area (Å²) in [5, 5.41) is 0. The molecular formula is C16H16BrN. The topological polar surface area (TPSA) is 3.24 Å². The van der Waals surface area contributed by atoms with Crippen molar-refractivity contribution in [2.45, 2.75) is 25.9 Å². The molecule has 1 aliphatic heterocycles. The third-order valence-electron chi connectivity index (χ3n) is 3.63. The Hall–Kier alpha value is -1.28. The van der Waals surface area contributed by atoms with Gasteiger partial charge in [0.25, 0.3) is 0 Å². The quantitative estimate of drug-likeness (QED) is 0.794. The van der Waals surface area contributed by atoms with Gasteiger partial charge in [0.1, 0.15) is 0 Å². The van der Waals surface area contributed by atoms with Gasteiger partial charge < -0.3 is 4.90 Å². The molecule has 0 radical (unpaired) electrons. The van der Waals surface area contributed by atoms with Gasteiger partial charge in [-0.25, -0.2) is 0 Å². The highest BCUT2D eigenvalue weighted by molar-refractivity contribution is 9.10. The molecule has 0 spiro atoms. The van der Waals surface area contributed by atoms with Crippen LogP contribution in [0.15, 0.2) is 53.0 Å². The van der Waals surface area contributed by atoms with Gasteiger partial charge in [-0.3, -0.25) is 0 Å². The molecule has 0 saturated heterocycles. The maximum absolute atomic E-state index is 3.66. The average molecular weight is 302 g/mol. The SMILES string of the molecule is C[C@@H]1Cc2c(Br)cccc2N1Cc1ccccc1. The fourth-order valence-electron chi connectivity index (χ4n) is 2.68. The average Bonchev–Trinajstić information content (AvgIpc) is 2.70. The van der Waals surface area contributed by atoms with Crippen molar-refractivity contribution in [3.63, 3.8) is 0 Å². The van der Waals surface area contributed by atoms with Crippen molar-refractivity contribution < 1.29 is 0 Å². The molecule has 0 bridgehead atoms. The van der Waals surface area contributed by atoms with Crippen LogP contribution < -0.4 is 4.90 Å². The Morgan fingerprint density at radius 1 is 1.11 bits per heavy atom. The summed E-state index contributed by atoms with van der Waals surface area (Å²) in [6.07, 6.45) is 1.13. The summed E-state index contributed by atoms with van der Waals surface area (Å²) in [6, 6.07) is 17.7. The molecule has 3 rings (SSSR count). The first-order chi connectivity index (χ1) is 8.75. The summed E-state index contributed by atoms with van der Waals surface area (Å²) < 4.78 is 1.24. The minimum atomic E-state index is 0.568. The van der Waals surface area contributed by atoms with Gasteiger partial charge in [0.05, 0.1) is 0 Å². The van der Waals surface area contributed by atoms with Gasteiger partial charge in [-0.05, 0) is 36.6 Å². The first-order valence-electron chi connectivity index (χ1n) is 6.33. The number of anilines is 1. The maximum Gasteiger partial charge on any atom is 0.0432 e. The second-order valence-electron chi connectivity index (χ2n) is 4.90. The summed E-state index contributed by atoms with van der Waals surface area (Å²) in [6.45, 7) is 3.29. The first kappa shape index (κ1) is 11.8. The number of halogens is 1. The van der Waals surface area contributed by atoms with Gasteiger partial charge in [0, 0.05) is 22.7 Å². The molecule has 2 aromatic carbocycles. The molecular weight excluding hydrogens is 286 g/mol. The highest BCUT2D eigenvalue weighted by atomic mass is 79.9. The third kappa shape index (κ3) is 2.05. The van der Waals surface area contributed by atoms with Crippen molar-refractivity contribution in [2.24, 2.45) is 0 Å². The van der Waals surface area contributed by atoms with Crippen LogP contribution in [-0.4, -0.2) is 6.04 Å². The number of benzene rings is 2. The fourth-order valence-corrected chi connectivity index (χ4v) is 3.20. The Balaban J connectivity index is 1.93. The molecule has 1 nitrogen and oxygen atoms in total. The molecule has 1 atom stereocenters. The lowest BCUT2D eigenvalue weighted by Gasteiger charge is -2.25. The summed E-state index contributed by atoms with van der Waals surface area (Å²) in [5.74, 6) is 0. The van der Waals surface area contributed by atoms with Crippen molar-refractivity contribution in [2.75, 3.05) is 4.90 Å². The van der Waals surface area contributed by atoms with E-state index in [0.717, 1.165) is 13.0 Å². The Bertz CT molecular complexity index is 550. The van der Waals surface area contributed by atoms with Crippen molar-refractivity contribution in [3.8, 4) is 0 Å². The van der Waals surface area contributed by atoms with Crippen LogP contribution in [-0.2, 0) is 13.0 Å². The van der Waals surface area contributed by atoms with Crippen molar-refractivity contribution in [3.05, 3.63) is 64.1 Å². The van der Waals surface area contributed by atoms with Gasteiger partial charge >= 0.3 is 0 Å². The second-order valence-corrected chi connectivity index (χ2v) is 5.76. The Morgan fingerprint density at radius 2 is 1.89 bits per heavy atom. The maximum atomic E-state index is 3.66. The normalized spacial score (nSPS) is 17.9. The molecule has 1 heterocycles. The monoisotopic (exact) mass is 301 g/mol. The van der Waals surface area contributed by atoms with E-state index in [1.54, 1.807) is 0 Å². The minimum absolute atomic E-state index is 0.568. The van der Waals surface area contributed by atoms with Crippen LogP contribution in [0.2, 0.25) is 0 Å². The lowest BCUT2D eigenvalue weighted by Crippen LogP contribution is -2.28. The number of rotatable bonds is 2. The summed E-state index contributed by atoms with van der Waals surface area (Å²) in [7, 11) is 0. The lowest BCUT2D eigenvalue weighted by molar-refractivity contribution is 0.672. The molecule has 1 aliphatic rings. The molecule has 0 aromatic heterocycles. The third-order valence-corrected chi connectivity index (χ3v) is 4.37. The van der Waals surface area contributed by atoms with E-state index >= 15 is 0 Å². The van der Waals surface area contributed by atoms with Gasteiger partial charge in [0.15, 0.2) is 0 Å². The number of fused-ring (bicyclic) bond motifs is 1. The first-order valence-corrected chi connectivity index (χ1v) is 7.13. The fraction of sp³-hybridized carbons (Fsp3) is 0.250. The summed E-state index contributed by atoms with van der Waals surface area (Å²) in [4.78, 5) is 2.50. The number of hydrogen-bond acceptors (Lipinski definition) is 1. The summed E-state index contributed by atoms with van der Waals surface area (Å²) >= 11 is 3.66. The van der Waals surface area contributed by atoms with Gasteiger partial charge in [0.2, 0.25) is 0 Å². The van der Waals surface area contributed by atoms with Crippen LogP contribution in [0.3, 0.4) is 0 Å². The van der Waals surface area contributed by atoms with E-state index in [-0.39, 0.29) is 0 Å². The van der Waals surface area contributed by atoms with E-state index in [2.05, 4.69) is 76.3 Å². The van der Waals surface area contributed by atoms with Crippen molar-refractivity contribution in [1.82, 2.24) is 0 Å². The van der Waals surface area contributed by atoms with Crippen LogP contribution in [0.25, 0.3) is 0 Å². The minimum Gasteiger partial charge on any atom is -0.364 e. The molecule has 0 unspecified atom stereocenters. The highest BCUT2D eigenvalue weighted by Crippen LogP contribution is 2.37. The van der Waals surface area contributed by atoms with E-state index in [1.165, 1.54) is 21.3 Å². The molecule has 0 saturated carbocycles. The van der Waals surface area contributed by atoms with Gasteiger partial charge in [-0.2, -0.15) is 0 Å². The Kier molecular flexibility index (Phi) is 3.13. The standard InChI is InChI=1S/C16H16BrN/c1-12-10-14-15(17)8-5-9-16(14)18(12)11-13-6-3-2-4-7-13/h2-9,12H,10-11H2,1H3/t12-/m1/s1. The zero-order chi connectivity index (χ0) is 12.5. The molecule has 18 heavy (non-hydrogen) atoms. The lowest BCUT2D eigenvalue weighted by atomic mass is 10.1. The van der Waals surface area contributed by atoms with E-state index in [0.29, 0.717) is 6.04 Å². The van der Waals surface area contributed by atoms with E-state index in [4.69, 9.17) is 0 Å². The smallest absolute Gasteiger partial charge is 0.0432 e. The van der Waals surface area contributed by atoms with Crippen LogP contribution >= 0.6 is 15.9 Å². The van der Waals surface area contributed by atoms with Crippen LogP contribution in [0.1, 0.15) is 18.1 Å². The predicted octanol–water partition coefficient (Wildman–Crippen LogP) is 4.40. The molecule has 2 heteroatoms. The second kappa shape index (κ2) is 4.77. The summed E-state index contributed by atoms with van der Waals surface area (Å²) in [5.41, 5.74) is 4.19. The molecule has 0 aliphatic carbocycles. The van der Waals surface area contributed by atoms with Crippen LogP contribution in [0.5, 0.6) is 0 Å². The van der Waals surface area contributed by atoms with E-state index < -0.39 is 0 Å². The Morgan fingerprint density at radius 3 is 2.67 bits per heavy atom. The van der Waals surface area contributed by atoms with E-state index in [9.17, 15) is 0 Å². The molecule has 92 valence electrons. The van der Waals surface area contributed by atoms with Crippen molar-refractivity contribution in [1.29, 1.82) is 0 Å². The molecule has 0 amide bonds. The number of hydrogen-bond donors (Lipinski definition) is 0. The number of nitrogens with zero attached hydrogens (tertiary/aromatic N) is 1. The zero-order valence-corrected chi connectivity index (χ0v) is 12.0. The molecule has 2 aromatic rings. The zero-order valence-electron chi connectivity index (χ0n) is 10.4. The largest absolute Gasteiger partial charge is 0.364 e. The van der Waals surface area contributed by atoms with Crippen molar-refractivity contribution >= 4 is 21.6 Å². The van der Waals surface area contributed by atoms with Gasteiger partial charge in [-0.15, -0.1) is 0 Å². The molecule has 0 N–H and O–H groups in total. The van der Waals surface area contributed by atoms with Crippen LogP contribution in [0, 0.1) is 0 Å². The Labute approximate surface area is 117 Å². The van der Waals surface area contributed by atoms with Gasteiger partial charge in [-0.1, -0.05) is 52.3 Å². The highest BCUT2D eigenvalue weighted by Gasteiger charge is 2.27. The predicted molar refractivity (Wildman–Crippen MR) is 79.9 cm³/mol. The molecule has 0 fully saturated rings. The van der Waals surface area contributed by atoms with E-state index in [1.807, 2.05) is 0 Å².